The summed E-state index contributed by atoms with van der Waals surface area (Å²) < 4.78 is 2.45. The predicted molar refractivity (Wildman–Crippen MR) is 121 cm³/mol. The molecule has 1 amide bonds. The number of hydrogen-bond acceptors (Lipinski definition) is 3. The molecule has 4 unspecified atom stereocenters. The molecule has 2 fully saturated rings. The van der Waals surface area contributed by atoms with Gasteiger partial charge in [-0.1, -0.05) is 42.5 Å². The number of piperidine rings is 1. The lowest BCUT2D eigenvalue weighted by Crippen LogP contribution is -2.45. The molecule has 31 heavy (non-hydrogen) atoms. The van der Waals surface area contributed by atoms with Crippen molar-refractivity contribution in [2.75, 3.05) is 13.1 Å². The molecule has 2 aromatic carbocycles. The largest absolute Gasteiger partial charge is 0.465 e. The van der Waals surface area contributed by atoms with Gasteiger partial charge in [-0.3, -0.25) is 4.90 Å². The molecule has 2 aliphatic heterocycles. The molecule has 2 saturated heterocycles. The highest BCUT2D eigenvalue weighted by molar-refractivity contribution is 5.76. The van der Waals surface area contributed by atoms with Crippen molar-refractivity contribution in [2.45, 2.75) is 50.7 Å². The highest BCUT2D eigenvalue weighted by Gasteiger charge is 2.41. The standard InChI is InChI=1S/C25H30N4O2/c1-17-26-21-9-5-6-10-22(21)29(17)24-15-18-13-14-28(16-18)23(24)12-11-20(27-25(30)31)19-7-3-2-4-8-19/h2-10,18,20,23-24,27H,11-16H2,1H3,(H,30,31)/t18?,20-,23?,24?/m0/s1. The number of nitrogens with zero attached hydrogens (tertiary/aromatic N) is 3. The Morgan fingerprint density at radius 3 is 2.77 bits per heavy atom. The van der Waals surface area contributed by atoms with Crippen molar-refractivity contribution in [1.82, 2.24) is 19.8 Å². The van der Waals surface area contributed by atoms with Crippen molar-refractivity contribution in [3.8, 4) is 0 Å². The van der Waals surface area contributed by atoms with Gasteiger partial charge in [-0.05, 0) is 62.8 Å². The Bertz CT molecular complexity index is 1060. The fourth-order valence-electron chi connectivity index (χ4n) is 5.83. The van der Waals surface area contributed by atoms with E-state index in [1.165, 1.54) is 18.4 Å². The molecule has 2 N–H and O–H groups in total. The second-order valence-corrected chi connectivity index (χ2v) is 9.03. The Morgan fingerprint density at radius 1 is 1.19 bits per heavy atom. The van der Waals surface area contributed by atoms with E-state index < -0.39 is 6.09 Å². The van der Waals surface area contributed by atoms with E-state index in [4.69, 9.17) is 4.98 Å². The quantitative estimate of drug-likeness (QED) is 0.605. The Balaban J connectivity index is 1.44. The number of para-hydroxylation sites is 2. The zero-order chi connectivity index (χ0) is 21.4. The second kappa shape index (κ2) is 8.35. The molecule has 5 rings (SSSR count). The smallest absolute Gasteiger partial charge is 0.405 e. The molecule has 5 atom stereocenters. The monoisotopic (exact) mass is 418 g/mol. The molecular weight excluding hydrogens is 388 g/mol. The van der Waals surface area contributed by atoms with Gasteiger partial charge in [0.25, 0.3) is 0 Å². The highest BCUT2D eigenvalue weighted by atomic mass is 16.4. The van der Waals surface area contributed by atoms with E-state index in [1.807, 2.05) is 36.4 Å². The van der Waals surface area contributed by atoms with Gasteiger partial charge in [0, 0.05) is 12.6 Å². The summed E-state index contributed by atoms with van der Waals surface area (Å²) in [5.41, 5.74) is 3.29. The number of hydrogen-bond donors (Lipinski definition) is 2. The maximum Gasteiger partial charge on any atom is 0.405 e. The van der Waals surface area contributed by atoms with Crippen molar-refractivity contribution < 1.29 is 9.90 Å². The Labute approximate surface area is 182 Å². The van der Waals surface area contributed by atoms with Crippen LogP contribution in [-0.4, -0.2) is 44.8 Å². The molecule has 0 saturated carbocycles. The number of carboxylic acid groups (broad SMARTS) is 1. The van der Waals surface area contributed by atoms with E-state index in [9.17, 15) is 9.90 Å². The second-order valence-electron chi connectivity index (χ2n) is 9.03. The minimum absolute atomic E-state index is 0.194. The summed E-state index contributed by atoms with van der Waals surface area (Å²) in [4.78, 5) is 18.9. The summed E-state index contributed by atoms with van der Waals surface area (Å²) >= 11 is 0. The van der Waals surface area contributed by atoms with Gasteiger partial charge in [0.2, 0.25) is 0 Å². The number of rotatable bonds is 6. The van der Waals surface area contributed by atoms with Crippen LogP contribution in [0.1, 0.15) is 49.2 Å². The van der Waals surface area contributed by atoms with Crippen LogP contribution < -0.4 is 5.32 Å². The maximum absolute atomic E-state index is 11.5. The summed E-state index contributed by atoms with van der Waals surface area (Å²) in [5.74, 6) is 1.81. The first-order chi connectivity index (χ1) is 15.1. The van der Waals surface area contributed by atoms with E-state index in [1.54, 1.807) is 0 Å². The van der Waals surface area contributed by atoms with Gasteiger partial charge in [-0.15, -0.1) is 0 Å². The summed E-state index contributed by atoms with van der Waals surface area (Å²) in [5, 5.41) is 12.2. The van der Waals surface area contributed by atoms with Gasteiger partial charge in [-0.25, -0.2) is 9.78 Å². The average Bonchev–Trinajstić information content (AvgIpc) is 3.32. The molecule has 3 heterocycles. The lowest BCUT2D eigenvalue weighted by atomic mass is 9.87. The van der Waals surface area contributed by atoms with Crippen LogP contribution in [0.25, 0.3) is 11.0 Å². The van der Waals surface area contributed by atoms with Crippen LogP contribution in [0.4, 0.5) is 4.79 Å². The number of nitrogens with one attached hydrogen (secondary N) is 1. The maximum atomic E-state index is 11.5. The van der Waals surface area contributed by atoms with Crippen LogP contribution in [0, 0.1) is 12.8 Å². The Morgan fingerprint density at radius 2 is 1.97 bits per heavy atom. The lowest BCUT2D eigenvalue weighted by Gasteiger charge is -2.41. The molecule has 2 aliphatic rings. The summed E-state index contributed by atoms with van der Waals surface area (Å²) in [6.07, 6.45) is 3.19. The van der Waals surface area contributed by atoms with Gasteiger partial charge in [0.05, 0.1) is 23.1 Å². The lowest BCUT2D eigenvalue weighted by molar-refractivity contribution is 0.109. The van der Waals surface area contributed by atoms with Crippen LogP contribution in [0.3, 0.4) is 0 Å². The molecule has 0 spiro atoms. The van der Waals surface area contributed by atoms with E-state index in [2.05, 4.69) is 39.9 Å². The van der Waals surface area contributed by atoms with Gasteiger partial charge < -0.3 is 15.0 Å². The number of aromatic nitrogens is 2. The van der Waals surface area contributed by atoms with Gasteiger partial charge >= 0.3 is 6.09 Å². The third kappa shape index (κ3) is 3.92. The predicted octanol–water partition coefficient (Wildman–Crippen LogP) is 4.77. The zero-order valence-electron chi connectivity index (χ0n) is 17.9. The topological polar surface area (TPSA) is 70.4 Å². The normalized spacial score (nSPS) is 26.1. The van der Waals surface area contributed by atoms with Crippen LogP contribution in [0.5, 0.6) is 0 Å². The van der Waals surface area contributed by atoms with Crippen molar-refractivity contribution in [1.29, 1.82) is 0 Å². The number of fused-ring (bicyclic) bond motifs is 3. The van der Waals surface area contributed by atoms with Gasteiger partial charge in [-0.2, -0.15) is 0 Å². The van der Waals surface area contributed by atoms with E-state index in [0.29, 0.717) is 12.1 Å². The number of benzene rings is 2. The molecule has 0 radical (unpaired) electrons. The average molecular weight is 419 g/mol. The minimum atomic E-state index is -0.966. The first-order valence-electron chi connectivity index (χ1n) is 11.3. The Hall–Kier alpha value is -2.86. The summed E-state index contributed by atoms with van der Waals surface area (Å²) in [7, 11) is 0. The van der Waals surface area contributed by atoms with E-state index in [-0.39, 0.29) is 6.04 Å². The van der Waals surface area contributed by atoms with Crippen molar-refractivity contribution in [3.63, 3.8) is 0 Å². The number of amides is 1. The van der Waals surface area contributed by atoms with Crippen LogP contribution in [-0.2, 0) is 0 Å². The highest BCUT2D eigenvalue weighted by Crippen LogP contribution is 2.42. The van der Waals surface area contributed by atoms with E-state index in [0.717, 1.165) is 48.8 Å². The minimum Gasteiger partial charge on any atom is -0.465 e. The summed E-state index contributed by atoms with van der Waals surface area (Å²) in [6.45, 7) is 4.41. The molecule has 1 aromatic heterocycles. The SMILES string of the molecule is Cc1nc2ccccc2n1C1CC2CCN(C2)C1CC[C@H](NC(=O)O)c1ccccc1. The molecule has 162 valence electrons. The first kappa shape index (κ1) is 20.1. The van der Waals surface area contributed by atoms with E-state index >= 15 is 0 Å². The third-order valence-corrected chi connectivity index (χ3v) is 7.16. The first-order valence-corrected chi connectivity index (χ1v) is 11.3. The van der Waals surface area contributed by atoms with Crippen LogP contribution >= 0.6 is 0 Å². The fraction of sp³-hybridized carbons (Fsp3) is 0.440. The third-order valence-electron chi connectivity index (χ3n) is 7.16. The molecular formula is C25H30N4O2. The number of carbonyl (C=O) groups is 1. The van der Waals surface area contributed by atoms with Crippen molar-refractivity contribution in [3.05, 3.63) is 66.0 Å². The molecule has 3 aromatic rings. The summed E-state index contributed by atoms with van der Waals surface area (Å²) in [6, 6.07) is 18.9. The number of aryl methyl sites for hydroxylation is 1. The van der Waals surface area contributed by atoms with Crippen LogP contribution in [0.15, 0.2) is 54.6 Å². The fourth-order valence-corrected chi connectivity index (χ4v) is 5.83. The van der Waals surface area contributed by atoms with Crippen molar-refractivity contribution in [2.24, 2.45) is 5.92 Å². The molecule has 2 bridgehead atoms. The molecule has 6 heteroatoms. The molecule has 0 aliphatic carbocycles. The van der Waals surface area contributed by atoms with Crippen LogP contribution in [0.2, 0.25) is 0 Å². The molecule has 6 nitrogen and oxygen atoms in total. The zero-order valence-corrected chi connectivity index (χ0v) is 17.9. The van der Waals surface area contributed by atoms with Gasteiger partial charge in [0.15, 0.2) is 0 Å². The Kier molecular flexibility index (Phi) is 5.40. The van der Waals surface area contributed by atoms with Gasteiger partial charge in [0.1, 0.15) is 5.82 Å². The number of imidazole rings is 1. The van der Waals surface area contributed by atoms with Crippen molar-refractivity contribution >= 4 is 17.1 Å².